The summed E-state index contributed by atoms with van der Waals surface area (Å²) in [5, 5.41) is 2.88. The molecule has 0 radical (unpaired) electrons. The van der Waals surface area contributed by atoms with Crippen LogP contribution in [0, 0.1) is 5.41 Å². The number of nitrogens with one attached hydrogen (secondary N) is 1. The maximum absolute atomic E-state index is 12.7. The molecule has 108 valence electrons. The van der Waals surface area contributed by atoms with Gasteiger partial charge in [0, 0.05) is 32.2 Å². The average Bonchev–Trinajstić information content (AvgIpc) is 2.50. The van der Waals surface area contributed by atoms with Gasteiger partial charge in [0.05, 0.1) is 0 Å². The molecule has 2 saturated heterocycles. The fraction of sp³-hybridized carbons (Fsp3) is 0.857. The highest BCUT2D eigenvalue weighted by atomic mass is 16.5. The first-order valence-corrected chi connectivity index (χ1v) is 7.07. The number of ether oxygens (including phenoxy) is 1. The van der Waals surface area contributed by atoms with E-state index in [1.807, 2.05) is 25.7 Å². The molecule has 0 bridgehead atoms. The van der Waals surface area contributed by atoms with Crippen LogP contribution in [0.3, 0.4) is 0 Å². The maximum atomic E-state index is 12.7. The van der Waals surface area contributed by atoms with Crippen LogP contribution in [0.25, 0.3) is 0 Å². The van der Waals surface area contributed by atoms with Crippen molar-refractivity contribution < 1.29 is 14.3 Å². The molecular weight excluding hydrogens is 244 g/mol. The van der Waals surface area contributed by atoms with Crippen molar-refractivity contribution in [2.75, 3.05) is 19.8 Å². The Kier molecular flexibility index (Phi) is 4.13. The van der Waals surface area contributed by atoms with Crippen molar-refractivity contribution in [3.8, 4) is 0 Å². The van der Waals surface area contributed by atoms with Gasteiger partial charge in [-0.2, -0.15) is 0 Å². The molecule has 2 rings (SSSR count). The topological polar surface area (TPSA) is 58.6 Å². The molecule has 5 heteroatoms. The molecule has 0 saturated carbocycles. The van der Waals surface area contributed by atoms with Gasteiger partial charge in [-0.3, -0.25) is 9.59 Å². The molecular formula is C14H24N2O3. The first-order valence-electron chi connectivity index (χ1n) is 7.07. The van der Waals surface area contributed by atoms with Crippen LogP contribution >= 0.6 is 0 Å². The van der Waals surface area contributed by atoms with E-state index in [4.69, 9.17) is 4.74 Å². The summed E-state index contributed by atoms with van der Waals surface area (Å²) < 4.78 is 5.35. The quantitative estimate of drug-likeness (QED) is 0.769. The Morgan fingerprint density at radius 3 is 2.42 bits per heavy atom. The van der Waals surface area contributed by atoms with Crippen LogP contribution in [0.4, 0.5) is 0 Å². The van der Waals surface area contributed by atoms with Crippen LogP contribution in [0.5, 0.6) is 0 Å². The summed E-state index contributed by atoms with van der Waals surface area (Å²) in [5.41, 5.74) is -0.263. The number of amides is 2. The lowest BCUT2D eigenvalue weighted by Crippen LogP contribution is -2.54. The van der Waals surface area contributed by atoms with Crippen molar-refractivity contribution in [3.05, 3.63) is 0 Å². The van der Waals surface area contributed by atoms with Gasteiger partial charge in [-0.05, 0) is 18.3 Å². The number of hydrogen-bond acceptors (Lipinski definition) is 3. The van der Waals surface area contributed by atoms with E-state index in [0.29, 0.717) is 26.2 Å². The van der Waals surface area contributed by atoms with Gasteiger partial charge in [-0.25, -0.2) is 0 Å². The summed E-state index contributed by atoms with van der Waals surface area (Å²) in [7, 11) is 0. The minimum absolute atomic E-state index is 0.0252. The fourth-order valence-corrected chi connectivity index (χ4v) is 2.74. The third-order valence-electron chi connectivity index (χ3n) is 3.91. The lowest BCUT2D eigenvalue weighted by Gasteiger charge is -2.37. The third-order valence-corrected chi connectivity index (χ3v) is 3.91. The Morgan fingerprint density at radius 2 is 1.84 bits per heavy atom. The van der Waals surface area contributed by atoms with Crippen LogP contribution in [0.15, 0.2) is 0 Å². The van der Waals surface area contributed by atoms with E-state index in [0.717, 1.165) is 12.8 Å². The number of nitrogens with zero attached hydrogens (tertiary/aromatic N) is 1. The molecule has 0 aliphatic carbocycles. The van der Waals surface area contributed by atoms with Crippen molar-refractivity contribution in [2.45, 2.75) is 52.1 Å². The van der Waals surface area contributed by atoms with Crippen molar-refractivity contribution in [1.82, 2.24) is 10.2 Å². The summed E-state index contributed by atoms with van der Waals surface area (Å²) >= 11 is 0. The zero-order valence-electron chi connectivity index (χ0n) is 12.1. The molecule has 2 aliphatic rings. The molecule has 5 nitrogen and oxygen atoms in total. The minimum atomic E-state index is -0.426. The number of carbonyl (C=O) groups excluding carboxylic acids is 2. The van der Waals surface area contributed by atoms with Gasteiger partial charge in [-0.15, -0.1) is 0 Å². The Bertz CT molecular complexity index is 356. The van der Waals surface area contributed by atoms with E-state index in [2.05, 4.69) is 5.32 Å². The Labute approximate surface area is 114 Å². The Balaban J connectivity index is 2.18. The van der Waals surface area contributed by atoms with E-state index >= 15 is 0 Å². The van der Waals surface area contributed by atoms with E-state index in [-0.39, 0.29) is 23.3 Å². The SMILES string of the molecule is CC(C)(C)C1NC(=O)CCN(C2CCOCC2)C1=O. The molecule has 0 aromatic rings. The lowest BCUT2D eigenvalue weighted by molar-refractivity contribution is -0.140. The average molecular weight is 268 g/mol. The van der Waals surface area contributed by atoms with Gasteiger partial charge < -0.3 is 15.0 Å². The molecule has 0 spiro atoms. The summed E-state index contributed by atoms with van der Waals surface area (Å²) in [6.45, 7) is 7.91. The van der Waals surface area contributed by atoms with Crippen molar-refractivity contribution >= 4 is 11.8 Å². The molecule has 1 atom stereocenters. The van der Waals surface area contributed by atoms with Crippen LogP contribution < -0.4 is 5.32 Å². The van der Waals surface area contributed by atoms with E-state index < -0.39 is 6.04 Å². The third kappa shape index (κ3) is 3.26. The standard InChI is InChI=1S/C14H24N2O3/c1-14(2,3)12-13(18)16(7-4-11(17)15-12)10-5-8-19-9-6-10/h10,12H,4-9H2,1-3H3,(H,15,17). The first kappa shape index (κ1) is 14.3. The largest absolute Gasteiger partial charge is 0.381 e. The van der Waals surface area contributed by atoms with E-state index in [1.165, 1.54) is 0 Å². The predicted octanol–water partition coefficient (Wildman–Crippen LogP) is 0.929. The molecule has 2 heterocycles. The number of carbonyl (C=O) groups is 2. The van der Waals surface area contributed by atoms with Crippen LogP contribution in [0.1, 0.15) is 40.0 Å². The summed E-state index contributed by atoms with van der Waals surface area (Å²) in [6, 6.07) is -0.204. The molecule has 2 amide bonds. The van der Waals surface area contributed by atoms with E-state index in [1.54, 1.807) is 0 Å². The van der Waals surface area contributed by atoms with Crippen LogP contribution in [0.2, 0.25) is 0 Å². The summed E-state index contributed by atoms with van der Waals surface area (Å²) in [5.74, 6) is 0.0353. The zero-order valence-corrected chi connectivity index (χ0v) is 12.1. The Hall–Kier alpha value is -1.10. The molecule has 19 heavy (non-hydrogen) atoms. The molecule has 2 fully saturated rings. The molecule has 0 aromatic carbocycles. The fourth-order valence-electron chi connectivity index (χ4n) is 2.74. The van der Waals surface area contributed by atoms with Gasteiger partial charge >= 0.3 is 0 Å². The van der Waals surface area contributed by atoms with Crippen molar-refractivity contribution in [3.63, 3.8) is 0 Å². The van der Waals surface area contributed by atoms with Gasteiger partial charge in [0.2, 0.25) is 11.8 Å². The highest BCUT2D eigenvalue weighted by Gasteiger charge is 2.40. The van der Waals surface area contributed by atoms with Gasteiger partial charge in [0.25, 0.3) is 0 Å². The van der Waals surface area contributed by atoms with Crippen molar-refractivity contribution in [2.24, 2.45) is 5.41 Å². The van der Waals surface area contributed by atoms with Gasteiger partial charge in [0.1, 0.15) is 6.04 Å². The van der Waals surface area contributed by atoms with E-state index in [9.17, 15) is 9.59 Å². The highest BCUT2D eigenvalue weighted by molar-refractivity contribution is 5.90. The molecule has 1 N–H and O–H groups in total. The second kappa shape index (κ2) is 5.49. The number of rotatable bonds is 1. The predicted molar refractivity (Wildman–Crippen MR) is 71.6 cm³/mol. The summed E-state index contributed by atoms with van der Waals surface area (Å²) in [6.07, 6.45) is 2.14. The second-order valence-corrected chi connectivity index (χ2v) is 6.49. The Morgan fingerprint density at radius 1 is 1.21 bits per heavy atom. The highest BCUT2D eigenvalue weighted by Crippen LogP contribution is 2.26. The van der Waals surface area contributed by atoms with Crippen LogP contribution in [-0.2, 0) is 14.3 Å². The maximum Gasteiger partial charge on any atom is 0.245 e. The minimum Gasteiger partial charge on any atom is -0.381 e. The van der Waals surface area contributed by atoms with Crippen LogP contribution in [-0.4, -0.2) is 48.6 Å². The smallest absolute Gasteiger partial charge is 0.245 e. The monoisotopic (exact) mass is 268 g/mol. The molecule has 0 aromatic heterocycles. The first-order chi connectivity index (χ1) is 8.89. The summed E-state index contributed by atoms with van der Waals surface area (Å²) in [4.78, 5) is 26.4. The van der Waals surface area contributed by atoms with Crippen molar-refractivity contribution in [1.29, 1.82) is 0 Å². The second-order valence-electron chi connectivity index (χ2n) is 6.49. The van der Waals surface area contributed by atoms with Gasteiger partial charge in [-0.1, -0.05) is 20.8 Å². The zero-order chi connectivity index (χ0) is 14.0. The van der Waals surface area contributed by atoms with Gasteiger partial charge in [0.15, 0.2) is 0 Å². The number of hydrogen-bond donors (Lipinski definition) is 1. The molecule has 2 aliphatic heterocycles. The normalized spacial score (nSPS) is 27.1. The molecule has 1 unspecified atom stereocenters. The lowest BCUT2D eigenvalue weighted by atomic mass is 9.85.